The van der Waals surface area contributed by atoms with Crippen molar-refractivity contribution in [3.8, 4) is 5.75 Å². The smallest absolute Gasteiger partial charge is 0.122 e. The zero-order valence-corrected chi connectivity index (χ0v) is 12.1. The number of aliphatic hydroxyl groups excluding tert-OH is 1. The first kappa shape index (κ1) is 15.0. The average Bonchev–Trinajstić information content (AvgIpc) is 2.34. The molecule has 102 valence electrons. The van der Waals surface area contributed by atoms with Crippen molar-refractivity contribution in [1.82, 2.24) is 5.32 Å². The van der Waals surface area contributed by atoms with Gasteiger partial charge in [0.25, 0.3) is 0 Å². The maximum atomic E-state index is 9.46. The van der Waals surface area contributed by atoms with Crippen molar-refractivity contribution >= 4 is 0 Å². The summed E-state index contributed by atoms with van der Waals surface area (Å²) in [7, 11) is 3.60. The van der Waals surface area contributed by atoms with E-state index in [0.29, 0.717) is 0 Å². The van der Waals surface area contributed by atoms with Gasteiger partial charge in [-0.05, 0) is 29.7 Å². The SMILES string of the molecule is CNCC(CO)c1ccc(OC)c(C(C)(C)C)c1. The number of ether oxygens (including phenoxy) is 1. The fourth-order valence-corrected chi connectivity index (χ4v) is 2.10. The molecule has 0 bridgehead atoms. The summed E-state index contributed by atoms with van der Waals surface area (Å²) < 4.78 is 5.42. The molecule has 2 N–H and O–H groups in total. The van der Waals surface area contributed by atoms with Crippen molar-refractivity contribution in [1.29, 1.82) is 0 Å². The van der Waals surface area contributed by atoms with E-state index in [2.05, 4.69) is 32.2 Å². The molecule has 1 atom stereocenters. The summed E-state index contributed by atoms with van der Waals surface area (Å²) in [6, 6.07) is 6.18. The molecule has 0 radical (unpaired) electrons. The third-order valence-electron chi connectivity index (χ3n) is 3.17. The van der Waals surface area contributed by atoms with Gasteiger partial charge in [0.15, 0.2) is 0 Å². The molecule has 0 heterocycles. The Bertz CT molecular complexity index is 383. The Morgan fingerprint density at radius 1 is 1.33 bits per heavy atom. The zero-order chi connectivity index (χ0) is 13.8. The lowest BCUT2D eigenvalue weighted by Crippen LogP contribution is -2.21. The lowest BCUT2D eigenvalue weighted by Gasteiger charge is -2.24. The quantitative estimate of drug-likeness (QED) is 0.843. The van der Waals surface area contributed by atoms with Gasteiger partial charge in [-0.1, -0.05) is 32.9 Å². The van der Waals surface area contributed by atoms with Gasteiger partial charge in [0, 0.05) is 12.5 Å². The monoisotopic (exact) mass is 251 g/mol. The summed E-state index contributed by atoms with van der Waals surface area (Å²) in [5, 5.41) is 12.6. The van der Waals surface area contributed by atoms with Crippen LogP contribution in [0.25, 0.3) is 0 Å². The number of aliphatic hydroxyl groups is 1. The topological polar surface area (TPSA) is 41.5 Å². The van der Waals surface area contributed by atoms with Gasteiger partial charge in [0.05, 0.1) is 13.7 Å². The molecule has 3 heteroatoms. The Labute approximate surface area is 110 Å². The number of hydrogen-bond acceptors (Lipinski definition) is 3. The first-order valence-corrected chi connectivity index (χ1v) is 6.38. The van der Waals surface area contributed by atoms with E-state index in [4.69, 9.17) is 4.74 Å². The average molecular weight is 251 g/mol. The molecular formula is C15H25NO2. The van der Waals surface area contributed by atoms with Crippen molar-refractivity contribution < 1.29 is 9.84 Å². The van der Waals surface area contributed by atoms with E-state index >= 15 is 0 Å². The van der Waals surface area contributed by atoms with E-state index in [1.807, 2.05) is 19.2 Å². The van der Waals surface area contributed by atoms with Crippen molar-refractivity contribution in [3.63, 3.8) is 0 Å². The maximum Gasteiger partial charge on any atom is 0.122 e. The minimum atomic E-state index is 0.0288. The standard InChI is InChI=1S/C15H25NO2/c1-15(2,3)13-8-11(6-7-14(13)18-5)12(10-17)9-16-4/h6-8,12,16-17H,9-10H2,1-5H3. The molecule has 0 saturated carbocycles. The van der Waals surface area contributed by atoms with Crippen LogP contribution < -0.4 is 10.1 Å². The van der Waals surface area contributed by atoms with Crippen molar-refractivity contribution in [2.75, 3.05) is 27.3 Å². The largest absolute Gasteiger partial charge is 0.496 e. The van der Waals surface area contributed by atoms with Crippen LogP contribution in [0, 0.1) is 0 Å². The van der Waals surface area contributed by atoms with Crippen LogP contribution in [0.3, 0.4) is 0 Å². The molecule has 18 heavy (non-hydrogen) atoms. The summed E-state index contributed by atoms with van der Waals surface area (Å²) in [4.78, 5) is 0. The third-order valence-corrected chi connectivity index (χ3v) is 3.17. The van der Waals surface area contributed by atoms with Crippen molar-refractivity contribution in [2.24, 2.45) is 0 Å². The molecule has 1 aromatic carbocycles. The molecule has 0 spiro atoms. The Morgan fingerprint density at radius 3 is 2.44 bits per heavy atom. The highest BCUT2D eigenvalue weighted by Gasteiger charge is 2.21. The fourth-order valence-electron chi connectivity index (χ4n) is 2.10. The summed E-state index contributed by atoms with van der Waals surface area (Å²) in [5.74, 6) is 1.04. The number of rotatable bonds is 5. The summed E-state index contributed by atoms with van der Waals surface area (Å²) >= 11 is 0. The van der Waals surface area contributed by atoms with Gasteiger partial charge in [0.2, 0.25) is 0 Å². The summed E-state index contributed by atoms with van der Waals surface area (Å²) in [6.07, 6.45) is 0. The molecular weight excluding hydrogens is 226 g/mol. The van der Waals surface area contributed by atoms with Gasteiger partial charge in [-0.3, -0.25) is 0 Å². The van der Waals surface area contributed by atoms with E-state index in [9.17, 15) is 5.11 Å². The first-order chi connectivity index (χ1) is 8.43. The highest BCUT2D eigenvalue weighted by atomic mass is 16.5. The normalized spacial score (nSPS) is 13.4. The minimum absolute atomic E-state index is 0.0288. The van der Waals surface area contributed by atoms with Gasteiger partial charge in [-0.15, -0.1) is 0 Å². The molecule has 0 amide bonds. The van der Waals surface area contributed by atoms with E-state index in [-0.39, 0.29) is 17.9 Å². The van der Waals surface area contributed by atoms with Crippen LogP contribution >= 0.6 is 0 Å². The van der Waals surface area contributed by atoms with Crippen LogP contribution in [-0.4, -0.2) is 32.4 Å². The number of likely N-dealkylation sites (N-methyl/N-ethyl adjacent to an activating group) is 1. The van der Waals surface area contributed by atoms with Crippen LogP contribution in [0.1, 0.15) is 37.8 Å². The second kappa shape index (κ2) is 6.21. The highest BCUT2D eigenvalue weighted by Crippen LogP contribution is 2.33. The van der Waals surface area contributed by atoms with Gasteiger partial charge in [-0.2, -0.15) is 0 Å². The second-order valence-electron chi connectivity index (χ2n) is 5.65. The molecule has 0 aliphatic rings. The molecule has 1 unspecified atom stereocenters. The van der Waals surface area contributed by atoms with Crippen LogP contribution in [0.5, 0.6) is 5.75 Å². The van der Waals surface area contributed by atoms with E-state index < -0.39 is 0 Å². The summed E-state index contributed by atoms with van der Waals surface area (Å²) in [5.41, 5.74) is 2.36. The van der Waals surface area contributed by atoms with Gasteiger partial charge >= 0.3 is 0 Å². The molecule has 0 aliphatic carbocycles. The first-order valence-electron chi connectivity index (χ1n) is 6.38. The molecule has 0 aromatic heterocycles. The zero-order valence-electron chi connectivity index (χ0n) is 12.1. The van der Waals surface area contributed by atoms with Crippen LogP contribution in [0.15, 0.2) is 18.2 Å². The van der Waals surface area contributed by atoms with Gasteiger partial charge in [-0.25, -0.2) is 0 Å². The van der Waals surface area contributed by atoms with Gasteiger partial charge in [0.1, 0.15) is 5.75 Å². The fraction of sp³-hybridized carbons (Fsp3) is 0.600. The molecule has 0 saturated heterocycles. The lowest BCUT2D eigenvalue weighted by molar-refractivity contribution is 0.263. The number of methoxy groups -OCH3 is 1. The predicted molar refractivity (Wildman–Crippen MR) is 75.4 cm³/mol. The minimum Gasteiger partial charge on any atom is -0.496 e. The molecule has 1 aromatic rings. The van der Waals surface area contributed by atoms with Crippen molar-refractivity contribution in [3.05, 3.63) is 29.3 Å². The second-order valence-corrected chi connectivity index (χ2v) is 5.65. The van der Waals surface area contributed by atoms with E-state index in [0.717, 1.165) is 17.9 Å². The van der Waals surface area contributed by atoms with Crippen LogP contribution in [0.4, 0.5) is 0 Å². The highest BCUT2D eigenvalue weighted by molar-refractivity contribution is 5.42. The molecule has 1 rings (SSSR count). The predicted octanol–water partition coefficient (Wildman–Crippen LogP) is 2.29. The Morgan fingerprint density at radius 2 is 2.00 bits per heavy atom. The summed E-state index contributed by atoms with van der Waals surface area (Å²) in [6.45, 7) is 7.42. The number of nitrogens with one attached hydrogen (secondary N) is 1. The Balaban J connectivity index is 3.17. The van der Waals surface area contributed by atoms with Gasteiger partial charge < -0.3 is 15.2 Å². The van der Waals surface area contributed by atoms with E-state index in [1.54, 1.807) is 7.11 Å². The number of hydrogen-bond donors (Lipinski definition) is 2. The number of benzene rings is 1. The van der Waals surface area contributed by atoms with Crippen molar-refractivity contribution in [2.45, 2.75) is 32.1 Å². The van der Waals surface area contributed by atoms with Crippen LogP contribution in [0.2, 0.25) is 0 Å². The molecule has 3 nitrogen and oxygen atoms in total. The lowest BCUT2D eigenvalue weighted by atomic mass is 9.83. The Hall–Kier alpha value is -1.06. The Kier molecular flexibility index (Phi) is 5.17. The molecule has 0 fully saturated rings. The van der Waals surface area contributed by atoms with E-state index in [1.165, 1.54) is 5.56 Å². The maximum absolute atomic E-state index is 9.46. The third kappa shape index (κ3) is 3.47. The van der Waals surface area contributed by atoms with Crippen LogP contribution in [-0.2, 0) is 5.41 Å². The molecule has 0 aliphatic heterocycles.